The van der Waals surface area contributed by atoms with E-state index >= 15 is 0 Å². The van der Waals surface area contributed by atoms with Crippen LogP contribution in [-0.2, 0) is 5.41 Å². The smallest absolute Gasteiger partial charge is 0.317 e. The average molecular weight is 323 g/mol. The maximum Gasteiger partial charge on any atom is 0.317 e. The van der Waals surface area contributed by atoms with Crippen molar-refractivity contribution in [3.8, 4) is 0 Å². The molecule has 0 radical (unpaired) electrons. The molecule has 0 aromatic heterocycles. The molecule has 22 heavy (non-hydrogen) atoms. The van der Waals surface area contributed by atoms with E-state index in [0.29, 0.717) is 13.1 Å². The van der Waals surface area contributed by atoms with Gasteiger partial charge in [0.1, 0.15) is 0 Å². The molecule has 1 saturated heterocycles. The maximum absolute atomic E-state index is 12.3. The van der Waals surface area contributed by atoms with E-state index in [-0.39, 0.29) is 24.0 Å². The van der Waals surface area contributed by atoms with Crippen LogP contribution in [-0.4, -0.2) is 42.3 Å². The second kappa shape index (κ2) is 6.47. The van der Waals surface area contributed by atoms with Crippen molar-refractivity contribution in [3.05, 3.63) is 34.9 Å². The van der Waals surface area contributed by atoms with Gasteiger partial charge < -0.3 is 15.3 Å². The van der Waals surface area contributed by atoms with E-state index in [1.807, 2.05) is 17.0 Å². The second-order valence-corrected chi connectivity index (χ2v) is 7.02. The molecule has 5 heteroatoms. The number of carbonyl (C=O) groups excluding carboxylic acids is 1. The number of hydrogen-bond donors (Lipinski definition) is 2. The van der Waals surface area contributed by atoms with E-state index < -0.39 is 0 Å². The minimum absolute atomic E-state index is 0.00353. The normalized spacial score (nSPS) is 23.2. The zero-order valence-corrected chi connectivity index (χ0v) is 13.5. The Morgan fingerprint density at radius 3 is 2.64 bits per heavy atom. The van der Waals surface area contributed by atoms with Crippen molar-refractivity contribution in [2.75, 3.05) is 26.2 Å². The molecule has 4 nitrogen and oxygen atoms in total. The van der Waals surface area contributed by atoms with Crippen molar-refractivity contribution in [3.63, 3.8) is 0 Å². The summed E-state index contributed by atoms with van der Waals surface area (Å²) in [7, 11) is 0. The Hall–Kier alpha value is -1.26. The van der Waals surface area contributed by atoms with Gasteiger partial charge >= 0.3 is 6.03 Å². The van der Waals surface area contributed by atoms with Crippen LogP contribution in [0.25, 0.3) is 0 Å². The number of aliphatic hydroxyl groups excluding tert-OH is 1. The number of rotatable bonds is 4. The highest BCUT2D eigenvalue weighted by molar-refractivity contribution is 6.30. The van der Waals surface area contributed by atoms with Crippen molar-refractivity contribution < 1.29 is 9.90 Å². The molecule has 0 bridgehead atoms. The fourth-order valence-electron chi connectivity index (χ4n) is 3.50. The van der Waals surface area contributed by atoms with Crippen LogP contribution in [0, 0.1) is 5.92 Å². The van der Waals surface area contributed by atoms with Crippen molar-refractivity contribution in [2.24, 2.45) is 5.92 Å². The fraction of sp³-hybridized carbons (Fsp3) is 0.588. The summed E-state index contributed by atoms with van der Waals surface area (Å²) < 4.78 is 0. The van der Waals surface area contributed by atoms with Gasteiger partial charge in [-0.05, 0) is 37.0 Å². The van der Waals surface area contributed by atoms with Crippen LogP contribution in [0.15, 0.2) is 24.3 Å². The highest BCUT2D eigenvalue weighted by atomic mass is 35.5. The quantitative estimate of drug-likeness (QED) is 0.895. The summed E-state index contributed by atoms with van der Waals surface area (Å²) in [6.07, 6.45) is 4.31. The van der Waals surface area contributed by atoms with E-state index in [9.17, 15) is 9.90 Å². The van der Waals surface area contributed by atoms with Crippen molar-refractivity contribution >= 4 is 17.6 Å². The number of amides is 2. The Bertz CT molecular complexity index is 528. The first-order valence-electron chi connectivity index (χ1n) is 8.03. The van der Waals surface area contributed by atoms with E-state index in [2.05, 4.69) is 17.4 Å². The maximum atomic E-state index is 12.3. The van der Waals surface area contributed by atoms with E-state index in [1.54, 1.807) is 0 Å². The second-order valence-electron chi connectivity index (χ2n) is 6.58. The van der Waals surface area contributed by atoms with Crippen LogP contribution in [0.3, 0.4) is 0 Å². The summed E-state index contributed by atoms with van der Waals surface area (Å²) in [4.78, 5) is 14.1. The van der Waals surface area contributed by atoms with Gasteiger partial charge in [0.15, 0.2) is 0 Å². The molecule has 1 aromatic carbocycles. The minimum Gasteiger partial charge on any atom is -0.396 e. The third-order valence-corrected chi connectivity index (χ3v) is 5.43. The van der Waals surface area contributed by atoms with Crippen LogP contribution < -0.4 is 5.32 Å². The molecule has 120 valence electrons. The van der Waals surface area contributed by atoms with Crippen LogP contribution in [0.1, 0.15) is 31.2 Å². The Labute approximate surface area is 136 Å². The predicted molar refractivity (Wildman–Crippen MR) is 87.1 cm³/mol. The van der Waals surface area contributed by atoms with Gasteiger partial charge in [0.05, 0.1) is 0 Å². The zero-order valence-electron chi connectivity index (χ0n) is 12.7. The minimum atomic E-state index is -0.00353. The number of nitrogens with zero attached hydrogens (tertiary/aromatic N) is 1. The molecule has 2 fully saturated rings. The summed E-state index contributed by atoms with van der Waals surface area (Å²) in [5.74, 6) is 0.236. The van der Waals surface area contributed by atoms with Gasteiger partial charge in [-0.15, -0.1) is 0 Å². The number of carbonyl (C=O) groups is 1. The topological polar surface area (TPSA) is 52.6 Å². The van der Waals surface area contributed by atoms with E-state index in [1.165, 1.54) is 12.0 Å². The van der Waals surface area contributed by atoms with Crippen LogP contribution in [0.5, 0.6) is 0 Å². The Kier molecular flexibility index (Phi) is 4.59. The molecule has 1 saturated carbocycles. The molecule has 1 aromatic rings. The monoisotopic (exact) mass is 322 g/mol. The van der Waals surface area contributed by atoms with Gasteiger partial charge in [0.2, 0.25) is 0 Å². The third-order valence-electron chi connectivity index (χ3n) is 5.18. The number of hydrogen-bond acceptors (Lipinski definition) is 2. The number of likely N-dealkylation sites (tertiary alicyclic amines) is 1. The molecule has 1 unspecified atom stereocenters. The number of aliphatic hydroxyl groups is 1. The third kappa shape index (κ3) is 3.08. The summed E-state index contributed by atoms with van der Waals surface area (Å²) in [5, 5.41) is 13.0. The summed E-state index contributed by atoms with van der Waals surface area (Å²) >= 11 is 5.97. The van der Waals surface area contributed by atoms with Gasteiger partial charge in [-0.2, -0.15) is 0 Å². The van der Waals surface area contributed by atoms with Gasteiger partial charge in [-0.3, -0.25) is 0 Å². The molecule has 2 N–H and O–H groups in total. The molecule has 2 amide bonds. The molecule has 1 aliphatic heterocycles. The first-order chi connectivity index (χ1) is 10.6. The summed E-state index contributed by atoms with van der Waals surface area (Å²) in [5.41, 5.74) is 1.33. The Morgan fingerprint density at radius 1 is 1.36 bits per heavy atom. The van der Waals surface area contributed by atoms with Crippen molar-refractivity contribution in [1.82, 2.24) is 10.2 Å². The number of benzene rings is 1. The highest BCUT2D eigenvalue weighted by Gasteiger charge is 2.39. The fourth-order valence-corrected chi connectivity index (χ4v) is 3.62. The van der Waals surface area contributed by atoms with Gasteiger partial charge in [0.25, 0.3) is 0 Å². The summed E-state index contributed by atoms with van der Waals surface area (Å²) in [6, 6.07) is 7.99. The van der Waals surface area contributed by atoms with Gasteiger partial charge in [-0.25, -0.2) is 4.79 Å². The number of urea groups is 1. The first-order valence-corrected chi connectivity index (χ1v) is 8.40. The lowest BCUT2D eigenvalue weighted by atomic mass is 9.64. The molecule has 1 heterocycles. The molecule has 2 aliphatic rings. The first kappa shape index (κ1) is 15.6. The SMILES string of the molecule is O=C(NCC1(c2ccc(Cl)cc2)CCC1)N1CCC(CO)C1. The highest BCUT2D eigenvalue weighted by Crippen LogP contribution is 2.43. The van der Waals surface area contributed by atoms with Gasteiger partial charge in [-0.1, -0.05) is 30.2 Å². The number of halogens is 1. The van der Waals surface area contributed by atoms with E-state index in [0.717, 1.165) is 30.8 Å². The molecular weight excluding hydrogens is 300 g/mol. The van der Waals surface area contributed by atoms with Gasteiger partial charge in [0, 0.05) is 42.6 Å². The van der Waals surface area contributed by atoms with Crippen LogP contribution in [0.2, 0.25) is 5.02 Å². The lowest BCUT2D eigenvalue weighted by molar-refractivity contribution is 0.185. The van der Waals surface area contributed by atoms with E-state index in [4.69, 9.17) is 11.6 Å². The van der Waals surface area contributed by atoms with Crippen molar-refractivity contribution in [1.29, 1.82) is 0 Å². The molecule has 1 atom stereocenters. The lowest BCUT2D eigenvalue weighted by Gasteiger charge is -2.43. The largest absolute Gasteiger partial charge is 0.396 e. The zero-order chi connectivity index (χ0) is 15.6. The van der Waals surface area contributed by atoms with Crippen molar-refractivity contribution in [2.45, 2.75) is 31.1 Å². The predicted octanol–water partition coefficient (Wildman–Crippen LogP) is 2.79. The van der Waals surface area contributed by atoms with Crippen LogP contribution >= 0.6 is 11.6 Å². The summed E-state index contributed by atoms with van der Waals surface area (Å²) in [6.45, 7) is 2.24. The Balaban J connectivity index is 1.59. The average Bonchev–Trinajstić information content (AvgIpc) is 2.96. The molecular formula is C17H23ClN2O2. The standard InChI is InChI=1S/C17H23ClN2O2/c18-15-4-2-14(3-5-15)17(7-1-8-17)12-19-16(22)20-9-6-13(10-20)11-21/h2-5,13,21H,1,6-12H2,(H,19,22). The Morgan fingerprint density at radius 2 is 2.09 bits per heavy atom. The number of nitrogens with one attached hydrogen (secondary N) is 1. The molecule has 0 spiro atoms. The molecule has 1 aliphatic carbocycles. The lowest BCUT2D eigenvalue weighted by Crippen LogP contribution is -2.49. The van der Waals surface area contributed by atoms with Crippen LogP contribution in [0.4, 0.5) is 4.79 Å². The molecule has 3 rings (SSSR count).